The van der Waals surface area contributed by atoms with Crippen LogP contribution in [0.2, 0.25) is 0 Å². The standard InChI is InChI=1S/C15H18OS/c1-2-12(11-17)10-16-15-8-7-13-5-3-4-6-14(13)9-15/h3-9,12,17H,2,10-11H2,1H3. The molecule has 1 unspecified atom stereocenters. The summed E-state index contributed by atoms with van der Waals surface area (Å²) in [7, 11) is 0. The Kier molecular flexibility index (Phi) is 4.32. The maximum absolute atomic E-state index is 5.81. The zero-order valence-electron chi connectivity index (χ0n) is 10.1. The fraction of sp³-hybridized carbons (Fsp3) is 0.333. The van der Waals surface area contributed by atoms with Crippen LogP contribution in [0.5, 0.6) is 5.75 Å². The minimum Gasteiger partial charge on any atom is -0.493 e. The molecule has 17 heavy (non-hydrogen) atoms. The van der Waals surface area contributed by atoms with Gasteiger partial charge in [-0.1, -0.05) is 37.3 Å². The Labute approximate surface area is 108 Å². The monoisotopic (exact) mass is 246 g/mol. The molecule has 2 rings (SSSR count). The third-order valence-corrected chi connectivity index (χ3v) is 3.56. The van der Waals surface area contributed by atoms with Crippen LogP contribution in [0.4, 0.5) is 0 Å². The summed E-state index contributed by atoms with van der Waals surface area (Å²) in [6.45, 7) is 2.92. The van der Waals surface area contributed by atoms with Gasteiger partial charge in [0.1, 0.15) is 5.75 Å². The molecular weight excluding hydrogens is 228 g/mol. The highest BCUT2D eigenvalue weighted by atomic mass is 32.1. The van der Waals surface area contributed by atoms with E-state index in [1.54, 1.807) is 0 Å². The summed E-state index contributed by atoms with van der Waals surface area (Å²) in [5.74, 6) is 2.36. The van der Waals surface area contributed by atoms with Crippen molar-refractivity contribution < 1.29 is 4.74 Å². The first-order valence-corrected chi connectivity index (χ1v) is 6.69. The predicted octanol–water partition coefficient (Wildman–Crippen LogP) is 4.17. The number of hydrogen-bond acceptors (Lipinski definition) is 2. The Bertz CT molecular complexity index is 477. The van der Waals surface area contributed by atoms with Crippen LogP contribution < -0.4 is 4.74 Å². The van der Waals surface area contributed by atoms with Crippen LogP contribution in [0.15, 0.2) is 42.5 Å². The molecule has 0 spiro atoms. The summed E-state index contributed by atoms with van der Waals surface area (Å²) in [6.07, 6.45) is 1.11. The molecule has 0 fully saturated rings. The Morgan fingerprint density at radius 1 is 1.12 bits per heavy atom. The van der Waals surface area contributed by atoms with E-state index in [1.165, 1.54) is 10.8 Å². The first-order valence-electron chi connectivity index (χ1n) is 6.06. The maximum atomic E-state index is 5.81. The Balaban J connectivity index is 2.09. The van der Waals surface area contributed by atoms with Crippen molar-refractivity contribution >= 4 is 23.4 Å². The molecule has 0 saturated carbocycles. The molecule has 0 aromatic heterocycles. The van der Waals surface area contributed by atoms with Crippen molar-refractivity contribution in [3.05, 3.63) is 42.5 Å². The lowest BCUT2D eigenvalue weighted by molar-refractivity contribution is 0.260. The Morgan fingerprint density at radius 3 is 2.59 bits per heavy atom. The molecule has 0 aliphatic carbocycles. The van der Waals surface area contributed by atoms with Gasteiger partial charge in [0, 0.05) is 5.92 Å². The number of rotatable bonds is 5. The van der Waals surface area contributed by atoms with Gasteiger partial charge in [0.05, 0.1) is 6.61 Å². The Hall–Kier alpha value is -1.15. The molecule has 0 bridgehead atoms. The van der Waals surface area contributed by atoms with Gasteiger partial charge >= 0.3 is 0 Å². The van der Waals surface area contributed by atoms with Crippen molar-refractivity contribution in [3.8, 4) is 5.75 Å². The second kappa shape index (κ2) is 5.97. The SMILES string of the molecule is CCC(CS)COc1ccc2ccccc2c1. The van der Waals surface area contributed by atoms with Crippen molar-refractivity contribution in [2.75, 3.05) is 12.4 Å². The molecular formula is C15H18OS. The van der Waals surface area contributed by atoms with E-state index in [2.05, 4.69) is 56.0 Å². The normalized spacial score (nSPS) is 12.6. The zero-order chi connectivity index (χ0) is 12.1. The van der Waals surface area contributed by atoms with Gasteiger partial charge < -0.3 is 4.74 Å². The second-order valence-electron chi connectivity index (χ2n) is 4.28. The number of ether oxygens (including phenoxy) is 1. The molecule has 0 N–H and O–H groups in total. The van der Waals surface area contributed by atoms with E-state index in [9.17, 15) is 0 Å². The molecule has 0 saturated heterocycles. The van der Waals surface area contributed by atoms with E-state index >= 15 is 0 Å². The largest absolute Gasteiger partial charge is 0.493 e. The van der Waals surface area contributed by atoms with E-state index in [1.807, 2.05) is 6.07 Å². The van der Waals surface area contributed by atoms with Crippen molar-refractivity contribution in [2.45, 2.75) is 13.3 Å². The molecule has 0 radical (unpaired) electrons. The van der Waals surface area contributed by atoms with Crippen molar-refractivity contribution in [1.29, 1.82) is 0 Å². The summed E-state index contributed by atoms with van der Waals surface area (Å²) in [6, 6.07) is 14.6. The fourth-order valence-corrected chi connectivity index (χ4v) is 2.13. The maximum Gasteiger partial charge on any atom is 0.119 e. The third kappa shape index (κ3) is 3.16. The second-order valence-corrected chi connectivity index (χ2v) is 4.64. The number of benzene rings is 2. The van der Waals surface area contributed by atoms with Gasteiger partial charge in [0.25, 0.3) is 0 Å². The summed E-state index contributed by atoms with van der Waals surface area (Å²) in [5, 5.41) is 2.48. The molecule has 90 valence electrons. The average Bonchev–Trinajstić information content (AvgIpc) is 2.40. The van der Waals surface area contributed by atoms with Crippen LogP contribution in [0, 0.1) is 5.92 Å². The number of hydrogen-bond donors (Lipinski definition) is 1. The van der Waals surface area contributed by atoms with Crippen LogP contribution >= 0.6 is 12.6 Å². The van der Waals surface area contributed by atoms with E-state index in [0.29, 0.717) is 5.92 Å². The molecule has 2 aromatic rings. The zero-order valence-corrected chi connectivity index (χ0v) is 11.0. The highest BCUT2D eigenvalue weighted by Gasteiger charge is 2.05. The van der Waals surface area contributed by atoms with Gasteiger partial charge in [-0.2, -0.15) is 12.6 Å². The van der Waals surface area contributed by atoms with Crippen LogP contribution in [0.3, 0.4) is 0 Å². The van der Waals surface area contributed by atoms with E-state index in [4.69, 9.17) is 4.74 Å². The van der Waals surface area contributed by atoms with Gasteiger partial charge in [-0.05, 0) is 35.1 Å². The lowest BCUT2D eigenvalue weighted by Gasteiger charge is -2.13. The molecule has 0 aliphatic rings. The number of fused-ring (bicyclic) bond motifs is 1. The minimum absolute atomic E-state index is 0.532. The van der Waals surface area contributed by atoms with Crippen LogP contribution in [-0.2, 0) is 0 Å². The highest BCUT2D eigenvalue weighted by Crippen LogP contribution is 2.21. The van der Waals surface area contributed by atoms with Gasteiger partial charge in [0.2, 0.25) is 0 Å². The third-order valence-electron chi connectivity index (χ3n) is 3.04. The number of thiol groups is 1. The van der Waals surface area contributed by atoms with Gasteiger partial charge in [-0.3, -0.25) is 0 Å². The summed E-state index contributed by atoms with van der Waals surface area (Å²) >= 11 is 4.32. The quantitative estimate of drug-likeness (QED) is 0.779. The summed E-state index contributed by atoms with van der Waals surface area (Å²) in [4.78, 5) is 0. The summed E-state index contributed by atoms with van der Waals surface area (Å²) < 4.78 is 5.81. The first kappa shape index (κ1) is 12.3. The molecule has 0 heterocycles. The van der Waals surface area contributed by atoms with Crippen molar-refractivity contribution in [1.82, 2.24) is 0 Å². The van der Waals surface area contributed by atoms with E-state index in [-0.39, 0.29) is 0 Å². The Morgan fingerprint density at radius 2 is 1.88 bits per heavy atom. The van der Waals surface area contributed by atoms with Crippen molar-refractivity contribution in [2.24, 2.45) is 5.92 Å². The lowest BCUT2D eigenvalue weighted by atomic mass is 10.1. The smallest absolute Gasteiger partial charge is 0.119 e. The fourth-order valence-electron chi connectivity index (χ4n) is 1.77. The molecule has 1 atom stereocenters. The average molecular weight is 246 g/mol. The molecule has 2 aromatic carbocycles. The van der Waals surface area contributed by atoms with Gasteiger partial charge in [-0.15, -0.1) is 0 Å². The lowest BCUT2D eigenvalue weighted by Crippen LogP contribution is -2.12. The minimum atomic E-state index is 0.532. The van der Waals surface area contributed by atoms with Gasteiger partial charge in [0.15, 0.2) is 0 Å². The molecule has 1 nitrogen and oxygen atoms in total. The van der Waals surface area contributed by atoms with Crippen LogP contribution in [0.25, 0.3) is 10.8 Å². The molecule has 0 amide bonds. The molecule has 0 aliphatic heterocycles. The van der Waals surface area contributed by atoms with E-state index in [0.717, 1.165) is 24.5 Å². The predicted molar refractivity (Wildman–Crippen MR) is 77.1 cm³/mol. The first-order chi connectivity index (χ1) is 8.33. The van der Waals surface area contributed by atoms with E-state index < -0.39 is 0 Å². The highest BCUT2D eigenvalue weighted by molar-refractivity contribution is 7.80. The van der Waals surface area contributed by atoms with Crippen LogP contribution in [-0.4, -0.2) is 12.4 Å². The van der Waals surface area contributed by atoms with Crippen LogP contribution in [0.1, 0.15) is 13.3 Å². The van der Waals surface area contributed by atoms with Gasteiger partial charge in [-0.25, -0.2) is 0 Å². The van der Waals surface area contributed by atoms with Crippen molar-refractivity contribution in [3.63, 3.8) is 0 Å². The topological polar surface area (TPSA) is 9.23 Å². The summed E-state index contributed by atoms with van der Waals surface area (Å²) in [5.41, 5.74) is 0. The molecule has 2 heteroatoms.